The normalized spacial score (nSPS) is 12.2. The first-order chi connectivity index (χ1) is 23.4. The van der Waals surface area contributed by atoms with E-state index in [2.05, 4.69) is 24.6 Å². The van der Waals surface area contributed by atoms with E-state index in [-0.39, 0.29) is 29.9 Å². The van der Waals surface area contributed by atoms with Crippen LogP contribution in [0.1, 0.15) is 36.4 Å². The minimum Gasteiger partial charge on any atom is -0.374 e. The molecule has 244 valence electrons. The lowest BCUT2D eigenvalue weighted by Gasteiger charge is -2.33. The van der Waals surface area contributed by atoms with Crippen molar-refractivity contribution in [2.24, 2.45) is 5.16 Å². The first-order valence-corrected chi connectivity index (χ1v) is 18.9. The Morgan fingerprint density at radius 2 is 1.35 bits per heavy atom. The number of thiazole rings is 1. The van der Waals surface area contributed by atoms with E-state index in [0.29, 0.717) is 4.34 Å². The van der Waals surface area contributed by atoms with Crippen molar-refractivity contribution in [3.63, 3.8) is 0 Å². The molecule has 48 heavy (non-hydrogen) atoms. The Morgan fingerprint density at radius 3 is 1.90 bits per heavy atom. The van der Waals surface area contributed by atoms with Crippen molar-refractivity contribution in [3.05, 3.63) is 138 Å². The molecule has 0 saturated heterocycles. The van der Waals surface area contributed by atoms with E-state index in [1.165, 1.54) is 11.3 Å². The number of para-hydroxylation sites is 1. The van der Waals surface area contributed by atoms with Gasteiger partial charge in [-0.25, -0.2) is 9.55 Å². The van der Waals surface area contributed by atoms with Crippen LogP contribution in [0.25, 0.3) is 10.2 Å². The summed E-state index contributed by atoms with van der Waals surface area (Å²) in [4.78, 5) is 29.9. The van der Waals surface area contributed by atoms with E-state index in [1.807, 2.05) is 115 Å². The van der Waals surface area contributed by atoms with Gasteiger partial charge in [0.15, 0.2) is 4.34 Å². The maximum absolute atomic E-state index is 14.1. The smallest absolute Gasteiger partial charge is 0.374 e. The molecular formula is C34H30N5O5PS3. The number of hydrogen-bond donors (Lipinski definition) is 1. The summed E-state index contributed by atoms with van der Waals surface area (Å²) < 4.78 is 29.8. The second-order valence-corrected chi connectivity index (χ2v) is 14.8. The Kier molecular flexibility index (Phi) is 10.8. The summed E-state index contributed by atoms with van der Waals surface area (Å²) in [5.41, 5.74) is 1.74. The molecule has 0 aliphatic rings. The average Bonchev–Trinajstić information content (AvgIpc) is 3.74. The molecule has 0 saturated carbocycles. The summed E-state index contributed by atoms with van der Waals surface area (Å²) in [5, 5.41) is 6.93. The molecule has 4 aromatic carbocycles. The van der Waals surface area contributed by atoms with Crippen molar-refractivity contribution >= 4 is 68.6 Å². The Morgan fingerprint density at radius 1 is 0.812 bits per heavy atom. The molecule has 0 bridgehead atoms. The molecule has 2 aromatic heterocycles. The molecule has 10 nitrogen and oxygen atoms in total. The lowest BCUT2D eigenvalue weighted by molar-refractivity contribution is -0.105. The Bertz CT molecular complexity index is 1920. The number of thioether (sulfide) groups is 1. The number of rotatable bonds is 14. The van der Waals surface area contributed by atoms with Crippen LogP contribution < -0.4 is 5.09 Å². The minimum absolute atomic E-state index is 0.0243. The highest BCUT2D eigenvalue weighted by molar-refractivity contribution is 8.16. The number of aromatic nitrogens is 3. The topological polar surface area (TPSA) is 125 Å². The van der Waals surface area contributed by atoms with Gasteiger partial charge in [-0.2, -0.15) is 9.36 Å². The van der Waals surface area contributed by atoms with Crippen LogP contribution in [0.4, 0.5) is 5.13 Å². The average molecular weight is 716 g/mol. The summed E-state index contributed by atoms with van der Waals surface area (Å²) in [6, 6.07) is 36.7. The molecule has 1 N–H and O–H groups in total. The molecule has 0 aliphatic carbocycles. The van der Waals surface area contributed by atoms with Gasteiger partial charge in [-0.1, -0.05) is 108 Å². The van der Waals surface area contributed by atoms with Crippen molar-refractivity contribution in [1.82, 2.24) is 14.3 Å². The van der Waals surface area contributed by atoms with Crippen LogP contribution in [0.2, 0.25) is 0 Å². The zero-order valence-corrected chi connectivity index (χ0v) is 29.2. The van der Waals surface area contributed by atoms with Gasteiger partial charge >= 0.3 is 7.75 Å². The van der Waals surface area contributed by atoms with Crippen LogP contribution in [0.5, 0.6) is 0 Å². The van der Waals surface area contributed by atoms with Gasteiger partial charge in [0, 0.05) is 28.2 Å². The molecule has 6 aromatic rings. The fourth-order valence-corrected chi connectivity index (χ4v) is 8.89. The van der Waals surface area contributed by atoms with Gasteiger partial charge in [-0.3, -0.25) is 18.9 Å². The Balaban J connectivity index is 1.46. The van der Waals surface area contributed by atoms with Gasteiger partial charge in [0.25, 0.3) is 5.12 Å². The summed E-state index contributed by atoms with van der Waals surface area (Å²) in [6.45, 7) is 3.71. The fraction of sp³-hybridized carbons (Fsp3) is 0.147. The molecular weight excluding hydrogens is 686 g/mol. The Hall–Kier alpha value is -4.23. The third-order valence-electron chi connectivity index (χ3n) is 6.93. The van der Waals surface area contributed by atoms with Crippen LogP contribution in [0.3, 0.4) is 0 Å². The largest absolute Gasteiger partial charge is 0.434 e. The standard InChI is InChI=1S/C34H30N5O5PS3/c1-3-42-45(41,43-4-2)38-32-36-30(39-48-32)29(31(40)47-33-35-27-22-14-15-23-28(27)46-33)37-44-34(24-16-8-5-9-17-24,25-18-10-6-11-19-25)26-20-12-7-13-21-26/h5-23H,3-4H2,1-2H3,(H,36,38,39,41)/b37-29-. The molecule has 0 fully saturated rings. The number of anilines is 1. The molecule has 0 atom stereocenters. The summed E-state index contributed by atoms with van der Waals surface area (Å²) in [5.74, 6) is -0.0243. The number of carbonyl (C=O) groups is 1. The van der Waals surface area contributed by atoms with E-state index in [1.54, 1.807) is 13.8 Å². The van der Waals surface area contributed by atoms with Gasteiger partial charge < -0.3 is 4.84 Å². The third kappa shape index (κ3) is 7.41. The van der Waals surface area contributed by atoms with Crippen molar-refractivity contribution in [3.8, 4) is 0 Å². The van der Waals surface area contributed by atoms with E-state index < -0.39 is 18.5 Å². The zero-order chi connectivity index (χ0) is 33.4. The molecule has 14 heteroatoms. The van der Waals surface area contributed by atoms with Crippen molar-refractivity contribution in [1.29, 1.82) is 0 Å². The quantitative estimate of drug-likeness (QED) is 0.0385. The van der Waals surface area contributed by atoms with Crippen LogP contribution in [-0.2, 0) is 28.8 Å². The molecule has 0 aliphatic heterocycles. The Labute approximate surface area is 290 Å². The first kappa shape index (κ1) is 33.7. The summed E-state index contributed by atoms with van der Waals surface area (Å²) >= 11 is 3.19. The maximum Gasteiger partial charge on any atom is 0.434 e. The molecule has 6 rings (SSSR count). The summed E-state index contributed by atoms with van der Waals surface area (Å²) in [7, 11) is -3.73. The molecule has 0 spiro atoms. The van der Waals surface area contributed by atoms with E-state index in [4.69, 9.17) is 13.9 Å². The lowest BCUT2D eigenvalue weighted by atomic mass is 9.80. The monoisotopic (exact) mass is 715 g/mol. The van der Waals surface area contributed by atoms with E-state index >= 15 is 0 Å². The second-order valence-electron chi connectivity index (χ2n) is 10.0. The maximum atomic E-state index is 14.1. The number of fused-ring (bicyclic) bond motifs is 1. The highest BCUT2D eigenvalue weighted by Crippen LogP contribution is 2.48. The van der Waals surface area contributed by atoms with E-state index in [0.717, 1.165) is 50.2 Å². The molecule has 0 unspecified atom stereocenters. The van der Waals surface area contributed by atoms with Gasteiger partial charge in [0.05, 0.1) is 23.4 Å². The van der Waals surface area contributed by atoms with Crippen molar-refractivity contribution < 1.29 is 23.2 Å². The number of hydrogen-bond acceptors (Lipinski definition) is 12. The van der Waals surface area contributed by atoms with Crippen LogP contribution in [0.15, 0.2) is 125 Å². The van der Waals surface area contributed by atoms with Crippen molar-refractivity contribution in [2.75, 3.05) is 18.3 Å². The number of oxime groups is 1. The van der Waals surface area contributed by atoms with Gasteiger partial charge in [0.1, 0.15) is 0 Å². The minimum atomic E-state index is -3.73. The van der Waals surface area contributed by atoms with Gasteiger partial charge in [-0.05, 0) is 37.7 Å². The molecule has 0 amide bonds. The van der Waals surface area contributed by atoms with Gasteiger partial charge in [-0.15, -0.1) is 11.3 Å². The predicted molar refractivity (Wildman–Crippen MR) is 192 cm³/mol. The highest BCUT2D eigenvalue weighted by Gasteiger charge is 2.40. The number of nitrogens with zero attached hydrogens (tertiary/aromatic N) is 4. The third-order valence-corrected chi connectivity index (χ3v) is 11.4. The second kappa shape index (κ2) is 15.3. The van der Waals surface area contributed by atoms with Crippen molar-refractivity contribution in [2.45, 2.75) is 23.8 Å². The fourth-order valence-electron chi connectivity index (χ4n) is 4.91. The predicted octanol–water partition coefficient (Wildman–Crippen LogP) is 8.77. The molecule has 2 heterocycles. The number of carbonyl (C=O) groups excluding carboxylic acids is 1. The SMILES string of the molecule is CCOP(=O)(Nc1nc(/C(=N/OC(c2ccccc2)(c2ccccc2)c2ccccc2)C(=O)Sc2nc3ccccc3s2)ns1)OCC. The zero-order valence-electron chi connectivity index (χ0n) is 25.9. The lowest BCUT2D eigenvalue weighted by Crippen LogP contribution is -2.32. The van der Waals surface area contributed by atoms with Crippen LogP contribution in [-0.4, -0.2) is 38.4 Å². The van der Waals surface area contributed by atoms with Gasteiger partial charge in [0.2, 0.25) is 22.3 Å². The highest BCUT2D eigenvalue weighted by atomic mass is 32.2. The van der Waals surface area contributed by atoms with Crippen LogP contribution >= 0.6 is 42.4 Å². The first-order valence-electron chi connectivity index (χ1n) is 15.0. The molecule has 0 radical (unpaired) electrons. The van der Waals surface area contributed by atoms with Crippen LogP contribution in [0, 0.1) is 0 Å². The number of benzene rings is 4. The number of nitrogens with one attached hydrogen (secondary N) is 1. The van der Waals surface area contributed by atoms with E-state index in [9.17, 15) is 9.36 Å². The summed E-state index contributed by atoms with van der Waals surface area (Å²) in [6.07, 6.45) is 0.